The van der Waals surface area contributed by atoms with Crippen molar-refractivity contribution in [3.8, 4) is 6.07 Å². The van der Waals surface area contributed by atoms with Crippen LogP contribution in [0.15, 0.2) is 18.2 Å². The first-order valence-corrected chi connectivity index (χ1v) is 6.90. The van der Waals surface area contributed by atoms with Gasteiger partial charge in [0.1, 0.15) is 11.6 Å². The number of halogens is 3. The highest BCUT2D eigenvalue weighted by Crippen LogP contribution is 2.36. The highest BCUT2D eigenvalue weighted by atomic mass is 35.5. The lowest BCUT2D eigenvalue weighted by Gasteiger charge is -2.37. The summed E-state index contributed by atoms with van der Waals surface area (Å²) in [6.07, 6.45) is 2.05. The summed E-state index contributed by atoms with van der Waals surface area (Å²) >= 11 is 0. The number of hydrogen-bond acceptors (Lipinski definition) is 3. The van der Waals surface area contributed by atoms with Crippen LogP contribution in [-0.4, -0.2) is 31.1 Å². The van der Waals surface area contributed by atoms with Crippen molar-refractivity contribution in [2.45, 2.75) is 24.7 Å². The van der Waals surface area contributed by atoms with Crippen LogP contribution in [0.2, 0.25) is 0 Å². The van der Waals surface area contributed by atoms with Crippen molar-refractivity contribution in [1.29, 1.82) is 5.26 Å². The number of likely N-dealkylation sites (tertiary alicyclic amines) is 1. The molecule has 2 N–H and O–H groups in total. The predicted molar refractivity (Wildman–Crippen MR) is 80.2 cm³/mol. The summed E-state index contributed by atoms with van der Waals surface area (Å²) in [6, 6.07) is 5.74. The molecule has 6 heteroatoms. The van der Waals surface area contributed by atoms with Gasteiger partial charge in [-0.05, 0) is 51.5 Å². The Morgan fingerprint density at radius 2 is 1.95 bits per heavy atom. The quantitative estimate of drug-likeness (QED) is 0.929. The van der Waals surface area contributed by atoms with Crippen molar-refractivity contribution in [2.75, 3.05) is 26.2 Å². The van der Waals surface area contributed by atoms with Crippen molar-refractivity contribution in [3.63, 3.8) is 0 Å². The molecular formula is C15H20ClF2N3. The van der Waals surface area contributed by atoms with Gasteiger partial charge >= 0.3 is 0 Å². The third kappa shape index (κ3) is 3.91. The van der Waals surface area contributed by atoms with Crippen LogP contribution in [0.5, 0.6) is 0 Å². The molecule has 1 fully saturated rings. The van der Waals surface area contributed by atoms with Gasteiger partial charge in [-0.15, -0.1) is 12.4 Å². The molecule has 1 heterocycles. The van der Waals surface area contributed by atoms with E-state index in [1.165, 1.54) is 12.1 Å². The van der Waals surface area contributed by atoms with Crippen molar-refractivity contribution in [2.24, 2.45) is 5.73 Å². The Bertz CT molecular complexity index is 508. The summed E-state index contributed by atoms with van der Waals surface area (Å²) in [4.78, 5) is 2.24. The standard InChI is InChI=1S/C15H19F2N3.ClH/c16-12-2-3-13(14(17)10-12)15(11-19)4-8-20(9-5-15)7-1-6-18;/h2-3,10H,1,4-9,18H2;1H. The summed E-state index contributed by atoms with van der Waals surface area (Å²) in [7, 11) is 0. The Labute approximate surface area is 130 Å². The van der Waals surface area contributed by atoms with Gasteiger partial charge in [0, 0.05) is 11.6 Å². The van der Waals surface area contributed by atoms with E-state index in [1.807, 2.05) is 0 Å². The topological polar surface area (TPSA) is 53.0 Å². The minimum Gasteiger partial charge on any atom is -0.330 e. The van der Waals surface area contributed by atoms with Crippen LogP contribution >= 0.6 is 12.4 Å². The van der Waals surface area contributed by atoms with E-state index in [4.69, 9.17) is 5.73 Å². The van der Waals surface area contributed by atoms with Crippen LogP contribution in [-0.2, 0) is 5.41 Å². The zero-order valence-electron chi connectivity index (χ0n) is 11.8. The number of nitrogens with two attached hydrogens (primary N) is 1. The van der Waals surface area contributed by atoms with E-state index in [0.717, 1.165) is 32.1 Å². The van der Waals surface area contributed by atoms with Gasteiger partial charge in [0.15, 0.2) is 0 Å². The second kappa shape index (κ2) is 7.69. The Balaban J connectivity index is 0.00000220. The molecule has 116 valence electrons. The molecule has 1 aromatic rings. The van der Waals surface area contributed by atoms with E-state index in [2.05, 4.69) is 11.0 Å². The van der Waals surface area contributed by atoms with Crippen molar-refractivity contribution < 1.29 is 8.78 Å². The highest BCUT2D eigenvalue weighted by molar-refractivity contribution is 5.85. The Morgan fingerprint density at radius 3 is 2.48 bits per heavy atom. The molecule has 3 nitrogen and oxygen atoms in total. The zero-order valence-corrected chi connectivity index (χ0v) is 12.6. The summed E-state index contributed by atoms with van der Waals surface area (Å²) in [5.74, 6) is -1.23. The van der Waals surface area contributed by atoms with Crippen LogP contribution in [0.25, 0.3) is 0 Å². The maximum absolute atomic E-state index is 13.9. The van der Waals surface area contributed by atoms with Crippen LogP contribution in [0.3, 0.4) is 0 Å². The van der Waals surface area contributed by atoms with Crippen LogP contribution in [0, 0.1) is 23.0 Å². The number of hydrogen-bond donors (Lipinski definition) is 1. The first kappa shape index (κ1) is 17.8. The van der Waals surface area contributed by atoms with Crippen molar-refractivity contribution in [1.82, 2.24) is 4.90 Å². The fraction of sp³-hybridized carbons (Fsp3) is 0.533. The SMILES string of the molecule is Cl.N#CC1(c2ccc(F)cc2F)CCN(CCCN)CC1. The Hall–Kier alpha value is -1.22. The summed E-state index contributed by atoms with van der Waals surface area (Å²) in [5.41, 5.74) is 4.97. The predicted octanol–water partition coefficient (Wildman–Crippen LogP) is 2.59. The largest absolute Gasteiger partial charge is 0.330 e. The van der Waals surface area contributed by atoms with Gasteiger partial charge < -0.3 is 10.6 Å². The normalized spacial score (nSPS) is 17.8. The highest BCUT2D eigenvalue weighted by Gasteiger charge is 2.38. The van der Waals surface area contributed by atoms with Gasteiger partial charge in [0.05, 0.1) is 11.5 Å². The maximum atomic E-state index is 13.9. The van der Waals surface area contributed by atoms with Gasteiger partial charge in [-0.3, -0.25) is 0 Å². The van der Waals surface area contributed by atoms with Gasteiger partial charge in [0.2, 0.25) is 0 Å². The van der Waals surface area contributed by atoms with Crippen molar-refractivity contribution >= 4 is 12.4 Å². The van der Waals surface area contributed by atoms with Crippen LogP contribution < -0.4 is 5.73 Å². The van der Waals surface area contributed by atoms with Gasteiger partial charge in [-0.1, -0.05) is 6.07 Å². The minimum atomic E-state index is -0.836. The molecular weight excluding hydrogens is 296 g/mol. The average Bonchev–Trinajstić information content (AvgIpc) is 2.46. The number of nitrogens with zero attached hydrogens (tertiary/aromatic N) is 2. The fourth-order valence-corrected chi connectivity index (χ4v) is 2.79. The molecule has 21 heavy (non-hydrogen) atoms. The molecule has 0 bridgehead atoms. The fourth-order valence-electron chi connectivity index (χ4n) is 2.79. The molecule has 1 aliphatic rings. The lowest BCUT2D eigenvalue weighted by molar-refractivity contribution is 0.183. The molecule has 0 aliphatic carbocycles. The van der Waals surface area contributed by atoms with E-state index in [-0.39, 0.29) is 12.4 Å². The maximum Gasteiger partial charge on any atom is 0.130 e. The molecule has 1 aromatic carbocycles. The van der Waals surface area contributed by atoms with Gasteiger partial charge in [-0.25, -0.2) is 8.78 Å². The molecule has 0 amide bonds. The van der Waals surface area contributed by atoms with Crippen LogP contribution in [0.4, 0.5) is 8.78 Å². The molecule has 1 aliphatic heterocycles. The number of piperidine rings is 1. The first-order valence-electron chi connectivity index (χ1n) is 6.90. The van der Waals surface area contributed by atoms with Gasteiger partial charge in [0.25, 0.3) is 0 Å². The molecule has 0 aromatic heterocycles. The van der Waals surface area contributed by atoms with E-state index in [9.17, 15) is 14.0 Å². The third-order valence-electron chi connectivity index (χ3n) is 4.05. The second-order valence-corrected chi connectivity index (χ2v) is 5.30. The summed E-state index contributed by atoms with van der Waals surface area (Å²) in [6.45, 7) is 3.03. The van der Waals surface area contributed by atoms with E-state index in [0.29, 0.717) is 24.9 Å². The molecule has 0 saturated carbocycles. The smallest absolute Gasteiger partial charge is 0.130 e. The van der Waals surface area contributed by atoms with Gasteiger partial charge in [-0.2, -0.15) is 5.26 Å². The molecule has 2 rings (SSSR count). The van der Waals surface area contributed by atoms with E-state index >= 15 is 0 Å². The summed E-state index contributed by atoms with van der Waals surface area (Å²) in [5, 5.41) is 9.50. The zero-order chi connectivity index (χ0) is 14.6. The molecule has 0 atom stereocenters. The first-order chi connectivity index (χ1) is 9.61. The second-order valence-electron chi connectivity index (χ2n) is 5.30. The minimum absolute atomic E-state index is 0. The average molecular weight is 316 g/mol. The van der Waals surface area contributed by atoms with Crippen molar-refractivity contribution in [3.05, 3.63) is 35.4 Å². The number of nitriles is 1. The van der Waals surface area contributed by atoms with E-state index in [1.54, 1.807) is 0 Å². The number of benzene rings is 1. The molecule has 0 spiro atoms. The third-order valence-corrected chi connectivity index (χ3v) is 4.05. The molecule has 0 unspecified atom stereocenters. The molecule has 0 radical (unpaired) electrons. The Kier molecular flexibility index (Phi) is 6.53. The lowest BCUT2D eigenvalue weighted by Crippen LogP contribution is -2.43. The van der Waals surface area contributed by atoms with E-state index < -0.39 is 17.0 Å². The summed E-state index contributed by atoms with van der Waals surface area (Å²) < 4.78 is 26.9. The monoisotopic (exact) mass is 315 g/mol. The van der Waals surface area contributed by atoms with Crippen LogP contribution in [0.1, 0.15) is 24.8 Å². The molecule has 1 saturated heterocycles. The lowest BCUT2D eigenvalue weighted by atomic mass is 9.73. The number of rotatable bonds is 4. The Morgan fingerprint density at radius 1 is 1.29 bits per heavy atom.